The molecule has 0 amide bonds. The lowest BCUT2D eigenvalue weighted by Gasteiger charge is -2.13. The molecule has 0 aliphatic rings. The van der Waals surface area contributed by atoms with Crippen molar-refractivity contribution in [3.05, 3.63) is 150 Å². The predicted octanol–water partition coefficient (Wildman–Crippen LogP) is 8.69. The third-order valence-corrected chi connectivity index (χ3v) is 6.20. The van der Waals surface area contributed by atoms with E-state index < -0.39 is 0 Å². The van der Waals surface area contributed by atoms with Crippen molar-refractivity contribution in [3.8, 4) is 28.4 Å². The summed E-state index contributed by atoms with van der Waals surface area (Å²) in [6, 6.07) is 42.9. The molecule has 0 unspecified atom stereocenters. The molecule has 0 saturated heterocycles. The van der Waals surface area contributed by atoms with Gasteiger partial charge in [0.1, 0.15) is 30.5 Å². The quantitative estimate of drug-likeness (QED) is 0.180. The summed E-state index contributed by atoms with van der Waals surface area (Å²) in [7, 11) is 1.68. The molecule has 3 heteroatoms. The minimum Gasteiger partial charge on any atom is -0.497 e. The van der Waals surface area contributed by atoms with Gasteiger partial charge in [0.25, 0.3) is 0 Å². The standard InChI is InChI=1S/C35H30O3/c1-36-33-22-31(23-34(24-33)38-26-29-13-6-3-7-14-29)35-18-9-8-16-30(35)20-19-27-15-10-17-32(21-27)37-25-28-11-4-2-5-12-28/h2-24H,25-26H2,1H3. The van der Waals surface area contributed by atoms with Crippen LogP contribution in [-0.2, 0) is 13.2 Å². The van der Waals surface area contributed by atoms with E-state index in [2.05, 4.69) is 78.9 Å². The summed E-state index contributed by atoms with van der Waals surface area (Å²) in [5, 5.41) is 0. The molecule has 3 nitrogen and oxygen atoms in total. The van der Waals surface area contributed by atoms with Crippen LogP contribution in [0.4, 0.5) is 0 Å². The first-order valence-electron chi connectivity index (χ1n) is 12.7. The van der Waals surface area contributed by atoms with E-state index >= 15 is 0 Å². The summed E-state index contributed by atoms with van der Waals surface area (Å²) >= 11 is 0. The van der Waals surface area contributed by atoms with Gasteiger partial charge in [-0.05, 0) is 57.6 Å². The average molecular weight is 499 g/mol. The second-order valence-corrected chi connectivity index (χ2v) is 8.94. The lowest BCUT2D eigenvalue weighted by molar-refractivity contribution is 0.304. The third kappa shape index (κ3) is 6.71. The van der Waals surface area contributed by atoms with Crippen molar-refractivity contribution >= 4 is 12.2 Å². The second-order valence-electron chi connectivity index (χ2n) is 8.94. The van der Waals surface area contributed by atoms with Crippen LogP contribution in [0.2, 0.25) is 0 Å². The van der Waals surface area contributed by atoms with E-state index in [0.29, 0.717) is 13.2 Å². The van der Waals surface area contributed by atoms with Crippen molar-refractivity contribution in [1.29, 1.82) is 0 Å². The normalized spacial score (nSPS) is 10.9. The van der Waals surface area contributed by atoms with Crippen LogP contribution in [-0.4, -0.2) is 7.11 Å². The zero-order valence-electron chi connectivity index (χ0n) is 21.4. The Kier molecular flexibility index (Phi) is 8.17. The first kappa shape index (κ1) is 24.9. The molecule has 0 fully saturated rings. The van der Waals surface area contributed by atoms with Gasteiger partial charge in [-0.15, -0.1) is 0 Å². The van der Waals surface area contributed by atoms with E-state index in [-0.39, 0.29) is 0 Å². The number of methoxy groups -OCH3 is 1. The number of hydrogen-bond acceptors (Lipinski definition) is 3. The Labute approximate surface area is 224 Å². The van der Waals surface area contributed by atoms with E-state index in [0.717, 1.165) is 50.6 Å². The largest absolute Gasteiger partial charge is 0.497 e. The Bertz CT molecular complexity index is 1490. The van der Waals surface area contributed by atoms with Crippen LogP contribution in [0.3, 0.4) is 0 Å². The van der Waals surface area contributed by atoms with Gasteiger partial charge in [-0.3, -0.25) is 0 Å². The van der Waals surface area contributed by atoms with E-state index in [1.165, 1.54) is 0 Å². The van der Waals surface area contributed by atoms with Crippen LogP contribution in [0.1, 0.15) is 22.3 Å². The van der Waals surface area contributed by atoms with E-state index in [9.17, 15) is 0 Å². The van der Waals surface area contributed by atoms with Crippen LogP contribution < -0.4 is 14.2 Å². The number of benzene rings is 5. The smallest absolute Gasteiger partial charge is 0.124 e. The second kappa shape index (κ2) is 12.5. The summed E-state index contributed by atoms with van der Waals surface area (Å²) in [6.45, 7) is 1.04. The Balaban J connectivity index is 1.35. The lowest BCUT2D eigenvalue weighted by atomic mass is 9.98. The molecule has 0 N–H and O–H groups in total. The number of rotatable bonds is 10. The van der Waals surface area contributed by atoms with Crippen LogP contribution in [0.5, 0.6) is 17.2 Å². The van der Waals surface area contributed by atoms with Gasteiger partial charge in [-0.1, -0.05) is 109 Å². The molecule has 5 rings (SSSR count). The Morgan fingerprint density at radius 3 is 1.87 bits per heavy atom. The predicted molar refractivity (Wildman–Crippen MR) is 155 cm³/mol. The fourth-order valence-electron chi connectivity index (χ4n) is 4.21. The van der Waals surface area contributed by atoms with Crippen molar-refractivity contribution < 1.29 is 14.2 Å². The monoisotopic (exact) mass is 498 g/mol. The van der Waals surface area contributed by atoms with Gasteiger partial charge in [0, 0.05) is 6.07 Å². The maximum absolute atomic E-state index is 6.12. The maximum atomic E-state index is 6.12. The van der Waals surface area contributed by atoms with E-state index in [4.69, 9.17) is 14.2 Å². The van der Waals surface area contributed by atoms with Gasteiger partial charge in [-0.25, -0.2) is 0 Å². The van der Waals surface area contributed by atoms with Gasteiger partial charge in [0.15, 0.2) is 0 Å². The Hall–Kier alpha value is -4.76. The van der Waals surface area contributed by atoms with Crippen LogP contribution in [0.15, 0.2) is 127 Å². The van der Waals surface area contributed by atoms with E-state index in [1.54, 1.807) is 7.11 Å². The summed E-state index contributed by atoms with van der Waals surface area (Å²) in [4.78, 5) is 0. The molecule has 0 atom stereocenters. The zero-order chi connectivity index (χ0) is 26.0. The van der Waals surface area contributed by atoms with Crippen molar-refractivity contribution in [2.24, 2.45) is 0 Å². The molecular formula is C35H30O3. The molecule has 0 spiro atoms. The average Bonchev–Trinajstić information content (AvgIpc) is 2.99. The molecule has 0 bridgehead atoms. The SMILES string of the molecule is COc1cc(OCc2ccccc2)cc(-c2ccccc2C=Cc2cccc(OCc3ccccc3)c2)c1. The Morgan fingerprint density at radius 1 is 0.526 bits per heavy atom. The van der Waals surface area contributed by atoms with Crippen LogP contribution in [0.25, 0.3) is 23.3 Å². The van der Waals surface area contributed by atoms with Gasteiger partial charge in [0.2, 0.25) is 0 Å². The van der Waals surface area contributed by atoms with Crippen molar-refractivity contribution in [1.82, 2.24) is 0 Å². The van der Waals surface area contributed by atoms with E-state index in [1.807, 2.05) is 60.7 Å². The van der Waals surface area contributed by atoms with Crippen molar-refractivity contribution in [3.63, 3.8) is 0 Å². The molecule has 38 heavy (non-hydrogen) atoms. The molecule has 0 radical (unpaired) electrons. The fourth-order valence-corrected chi connectivity index (χ4v) is 4.21. The summed E-state index contributed by atoms with van der Waals surface area (Å²) < 4.78 is 17.7. The molecule has 0 aromatic heterocycles. The molecule has 0 aliphatic carbocycles. The van der Waals surface area contributed by atoms with Crippen molar-refractivity contribution in [2.45, 2.75) is 13.2 Å². The number of hydrogen-bond donors (Lipinski definition) is 0. The fraction of sp³-hybridized carbons (Fsp3) is 0.0857. The molecule has 0 saturated carbocycles. The summed E-state index contributed by atoms with van der Waals surface area (Å²) in [5.41, 5.74) is 6.58. The summed E-state index contributed by atoms with van der Waals surface area (Å²) in [6.07, 6.45) is 4.25. The third-order valence-electron chi connectivity index (χ3n) is 6.20. The highest BCUT2D eigenvalue weighted by Crippen LogP contribution is 2.33. The van der Waals surface area contributed by atoms with Gasteiger partial charge in [-0.2, -0.15) is 0 Å². The first-order chi connectivity index (χ1) is 18.8. The molecule has 0 heterocycles. The maximum Gasteiger partial charge on any atom is 0.124 e. The highest BCUT2D eigenvalue weighted by Gasteiger charge is 2.08. The van der Waals surface area contributed by atoms with Crippen molar-refractivity contribution in [2.75, 3.05) is 7.11 Å². The molecule has 0 aliphatic heterocycles. The molecule has 5 aromatic carbocycles. The van der Waals surface area contributed by atoms with Crippen LogP contribution >= 0.6 is 0 Å². The Morgan fingerprint density at radius 2 is 1.16 bits per heavy atom. The van der Waals surface area contributed by atoms with Gasteiger partial charge in [0.05, 0.1) is 7.11 Å². The van der Waals surface area contributed by atoms with Gasteiger partial charge >= 0.3 is 0 Å². The minimum atomic E-state index is 0.498. The number of ether oxygens (including phenoxy) is 3. The molecule has 188 valence electrons. The highest BCUT2D eigenvalue weighted by atomic mass is 16.5. The molecule has 5 aromatic rings. The van der Waals surface area contributed by atoms with Gasteiger partial charge < -0.3 is 14.2 Å². The lowest BCUT2D eigenvalue weighted by Crippen LogP contribution is -1.96. The topological polar surface area (TPSA) is 27.7 Å². The highest BCUT2D eigenvalue weighted by molar-refractivity contribution is 5.82. The van der Waals surface area contributed by atoms with Crippen LogP contribution in [0, 0.1) is 0 Å². The minimum absolute atomic E-state index is 0.498. The first-order valence-corrected chi connectivity index (χ1v) is 12.7. The zero-order valence-corrected chi connectivity index (χ0v) is 21.4. The molecular weight excluding hydrogens is 468 g/mol. The summed E-state index contributed by atoms with van der Waals surface area (Å²) in [5.74, 6) is 2.37.